The van der Waals surface area contributed by atoms with Gasteiger partial charge in [-0.2, -0.15) is 0 Å². The van der Waals surface area contributed by atoms with Crippen LogP contribution in [0.15, 0.2) is 0 Å². The number of carbonyl (C=O) groups excluding carboxylic acids is 1. The Morgan fingerprint density at radius 1 is 1.31 bits per heavy atom. The maximum absolute atomic E-state index is 11.1. The van der Waals surface area contributed by atoms with E-state index in [9.17, 15) is 4.79 Å². The third-order valence-corrected chi connectivity index (χ3v) is 3.93. The van der Waals surface area contributed by atoms with E-state index in [2.05, 4.69) is 0 Å². The van der Waals surface area contributed by atoms with Crippen LogP contribution in [0.1, 0.15) is 12.8 Å². The van der Waals surface area contributed by atoms with Crippen molar-refractivity contribution in [1.29, 1.82) is 0 Å². The highest BCUT2D eigenvalue weighted by atomic mass is 33.1. The van der Waals surface area contributed by atoms with Gasteiger partial charge < -0.3 is 10.6 Å². The molecule has 0 unspecified atom stereocenters. The molecule has 0 aliphatic heterocycles. The number of carbonyl (C=O) groups is 1. The predicted molar refractivity (Wildman–Crippen MR) is 61.9 cm³/mol. The summed E-state index contributed by atoms with van der Waals surface area (Å²) in [5.74, 6) is 2.24. The molecule has 1 amide bonds. The molecule has 0 rings (SSSR count). The van der Waals surface area contributed by atoms with E-state index in [1.54, 1.807) is 40.6 Å². The van der Waals surface area contributed by atoms with Gasteiger partial charge in [0.1, 0.15) is 0 Å². The molecule has 0 saturated carbocycles. The van der Waals surface area contributed by atoms with Gasteiger partial charge >= 0.3 is 0 Å². The van der Waals surface area contributed by atoms with Crippen molar-refractivity contribution in [2.75, 3.05) is 32.1 Å². The summed E-state index contributed by atoms with van der Waals surface area (Å²) >= 11 is 0. The van der Waals surface area contributed by atoms with Crippen LogP contribution >= 0.6 is 21.6 Å². The van der Waals surface area contributed by atoms with E-state index in [1.165, 1.54) is 0 Å². The molecule has 0 aromatic carbocycles. The van der Waals surface area contributed by atoms with Crippen molar-refractivity contribution < 1.29 is 4.79 Å². The number of nitrogens with zero attached hydrogens (tertiary/aromatic N) is 1. The Morgan fingerprint density at radius 3 is 2.46 bits per heavy atom. The molecule has 0 aromatic heterocycles. The molecule has 2 N–H and O–H groups in total. The van der Waals surface area contributed by atoms with Crippen molar-refractivity contribution in [1.82, 2.24) is 4.90 Å². The Balaban J connectivity index is 3.12. The molecular weight excluding hydrogens is 204 g/mol. The topological polar surface area (TPSA) is 46.3 Å². The van der Waals surface area contributed by atoms with E-state index in [0.29, 0.717) is 6.42 Å². The van der Waals surface area contributed by atoms with Crippen LogP contribution in [-0.2, 0) is 4.79 Å². The molecule has 0 spiro atoms. The summed E-state index contributed by atoms with van der Waals surface area (Å²) < 4.78 is 0. The quantitative estimate of drug-likeness (QED) is 0.519. The lowest BCUT2D eigenvalue weighted by Crippen LogP contribution is -2.21. The molecule has 3 nitrogen and oxygen atoms in total. The first kappa shape index (κ1) is 13.1. The molecule has 13 heavy (non-hydrogen) atoms. The van der Waals surface area contributed by atoms with Crippen molar-refractivity contribution in [3.63, 3.8) is 0 Å². The van der Waals surface area contributed by atoms with Crippen molar-refractivity contribution in [3.8, 4) is 0 Å². The van der Waals surface area contributed by atoms with Gasteiger partial charge in [0.2, 0.25) is 5.91 Å². The largest absolute Gasteiger partial charge is 0.349 e. The SMILES string of the molecule is CN(C)C(=O)CCCSSCCN. The molecule has 0 aromatic rings. The lowest BCUT2D eigenvalue weighted by molar-refractivity contribution is -0.128. The molecule has 0 radical (unpaired) electrons. The first-order valence-corrected chi connectivity index (χ1v) is 6.82. The minimum Gasteiger partial charge on any atom is -0.349 e. The molecule has 78 valence electrons. The van der Waals surface area contributed by atoms with Gasteiger partial charge in [-0.1, -0.05) is 21.6 Å². The number of rotatable bonds is 7. The van der Waals surface area contributed by atoms with Gasteiger partial charge in [-0.25, -0.2) is 0 Å². The highest BCUT2D eigenvalue weighted by Gasteiger charge is 2.02. The minimum atomic E-state index is 0.212. The second-order valence-corrected chi connectivity index (χ2v) is 5.53. The van der Waals surface area contributed by atoms with E-state index >= 15 is 0 Å². The lowest BCUT2D eigenvalue weighted by atomic mass is 10.3. The molecule has 0 fully saturated rings. The lowest BCUT2D eigenvalue weighted by Gasteiger charge is -2.09. The molecule has 0 bridgehead atoms. The second-order valence-electron chi connectivity index (χ2n) is 2.82. The third kappa shape index (κ3) is 8.46. The zero-order valence-corrected chi connectivity index (χ0v) is 9.92. The van der Waals surface area contributed by atoms with Crippen LogP contribution in [0.4, 0.5) is 0 Å². The van der Waals surface area contributed by atoms with Gasteiger partial charge in [0.15, 0.2) is 0 Å². The number of nitrogens with two attached hydrogens (primary N) is 1. The van der Waals surface area contributed by atoms with Crippen molar-refractivity contribution in [2.24, 2.45) is 5.73 Å². The maximum atomic E-state index is 11.1. The van der Waals surface area contributed by atoms with E-state index in [0.717, 1.165) is 24.5 Å². The average molecular weight is 222 g/mol. The summed E-state index contributed by atoms with van der Waals surface area (Å²) in [4.78, 5) is 12.8. The zero-order chi connectivity index (χ0) is 10.1. The summed E-state index contributed by atoms with van der Waals surface area (Å²) in [5, 5.41) is 0. The smallest absolute Gasteiger partial charge is 0.222 e. The van der Waals surface area contributed by atoms with Crippen LogP contribution in [0.2, 0.25) is 0 Å². The minimum absolute atomic E-state index is 0.212. The Hall–Kier alpha value is 0.130. The van der Waals surface area contributed by atoms with Crippen LogP contribution in [0.5, 0.6) is 0 Å². The van der Waals surface area contributed by atoms with Crippen LogP contribution < -0.4 is 5.73 Å². The fourth-order valence-corrected chi connectivity index (χ4v) is 2.62. The Kier molecular flexibility index (Phi) is 8.80. The number of hydrogen-bond donors (Lipinski definition) is 1. The summed E-state index contributed by atoms with van der Waals surface area (Å²) in [6.07, 6.45) is 1.61. The Morgan fingerprint density at radius 2 is 1.92 bits per heavy atom. The van der Waals surface area contributed by atoms with E-state index in [1.807, 2.05) is 0 Å². The summed E-state index contributed by atoms with van der Waals surface area (Å²) in [6, 6.07) is 0. The molecule has 0 atom stereocenters. The number of hydrogen-bond acceptors (Lipinski definition) is 4. The molecule has 0 aliphatic rings. The maximum Gasteiger partial charge on any atom is 0.222 e. The van der Waals surface area contributed by atoms with Crippen molar-refractivity contribution >= 4 is 27.5 Å². The first-order valence-electron chi connectivity index (χ1n) is 4.33. The highest BCUT2D eigenvalue weighted by Crippen LogP contribution is 2.21. The zero-order valence-electron chi connectivity index (χ0n) is 8.28. The molecule has 0 saturated heterocycles. The van der Waals surface area contributed by atoms with Gasteiger partial charge in [0, 0.05) is 38.6 Å². The van der Waals surface area contributed by atoms with Crippen LogP contribution in [0.3, 0.4) is 0 Å². The summed E-state index contributed by atoms with van der Waals surface area (Å²) in [6.45, 7) is 0.730. The van der Waals surface area contributed by atoms with Crippen LogP contribution in [0, 0.1) is 0 Å². The fraction of sp³-hybridized carbons (Fsp3) is 0.875. The van der Waals surface area contributed by atoms with Crippen molar-refractivity contribution in [3.05, 3.63) is 0 Å². The Bertz CT molecular complexity index is 142. The van der Waals surface area contributed by atoms with Gasteiger partial charge in [0.05, 0.1) is 0 Å². The highest BCUT2D eigenvalue weighted by molar-refractivity contribution is 8.76. The predicted octanol–water partition coefficient (Wildman–Crippen LogP) is 1.19. The van der Waals surface area contributed by atoms with Crippen LogP contribution in [-0.4, -0.2) is 43.0 Å². The van der Waals surface area contributed by atoms with Gasteiger partial charge in [-0.15, -0.1) is 0 Å². The second kappa shape index (κ2) is 8.72. The average Bonchev–Trinajstić information content (AvgIpc) is 2.10. The molecule has 5 heteroatoms. The monoisotopic (exact) mass is 222 g/mol. The third-order valence-electron chi connectivity index (χ3n) is 1.40. The summed E-state index contributed by atoms with van der Waals surface area (Å²) in [7, 11) is 7.16. The molecule has 0 heterocycles. The fourth-order valence-electron chi connectivity index (χ4n) is 0.672. The van der Waals surface area contributed by atoms with Gasteiger partial charge in [-0.3, -0.25) is 4.79 Å². The summed E-state index contributed by atoms with van der Waals surface area (Å²) in [5.41, 5.74) is 5.34. The molecular formula is C8H18N2OS2. The standard InChI is InChI=1S/C8H18N2OS2/c1-10(2)8(11)4-3-6-12-13-7-5-9/h3-7,9H2,1-2H3. The van der Waals surface area contributed by atoms with Crippen LogP contribution in [0.25, 0.3) is 0 Å². The van der Waals surface area contributed by atoms with E-state index in [-0.39, 0.29) is 5.91 Å². The van der Waals surface area contributed by atoms with Gasteiger partial charge in [0.25, 0.3) is 0 Å². The normalized spacial score (nSPS) is 10.1. The number of amides is 1. The van der Waals surface area contributed by atoms with E-state index in [4.69, 9.17) is 5.73 Å². The van der Waals surface area contributed by atoms with Crippen molar-refractivity contribution in [2.45, 2.75) is 12.8 Å². The Labute approximate surface area is 88.2 Å². The first-order chi connectivity index (χ1) is 6.18. The van der Waals surface area contributed by atoms with E-state index < -0.39 is 0 Å². The van der Waals surface area contributed by atoms with Gasteiger partial charge in [-0.05, 0) is 6.42 Å². The molecule has 0 aliphatic carbocycles.